The maximum atomic E-state index is 12.5. The van der Waals surface area contributed by atoms with Gasteiger partial charge >= 0.3 is 0 Å². The van der Waals surface area contributed by atoms with Crippen LogP contribution in [0.15, 0.2) is 54.6 Å². The molecular weight excluding hydrogens is 292 g/mol. The molecule has 2 aromatic rings. The number of thioether (sulfide) groups is 1. The van der Waals surface area contributed by atoms with Crippen molar-refractivity contribution in [2.24, 2.45) is 0 Å². The molecule has 0 radical (unpaired) electrons. The van der Waals surface area contributed by atoms with Crippen molar-refractivity contribution in [1.82, 2.24) is 5.32 Å². The van der Waals surface area contributed by atoms with Gasteiger partial charge in [0, 0.05) is 11.3 Å². The minimum Gasteiger partial charge on any atom is -0.344 e. The van der Waals surface area contributed by atoms with E-state index in [9.17, 15) is 4.79 Å². The molecule has 3 nitrogen and oxygen atoms in total. The Balaban J connectivity index is 2.15. The summed E-state index contributed by atoms with van der Waals surface area (Å²) in [7, 11) is 0. The molecule has 1 amide bonds. The average Bonchev–Trinajstić information content (AvgIpc) is 2.56. The van der Waals surface area contributed by atoms with Crippen LogP contribution < -0.4 is 5.32 Å². The maximum Gasteiger partial charge on any atom is 0.251 e. The summed E-state index contributed by atoms with van der Waals surface area (Å²) in [5, 5.41) is 11.8. The number of benzene rings is 2. The normalized spacial score (nSPS) is 11.5. The molecule has 0 bridgehead atoms. The van der Waals surface area contributed by atoms with E-state index in [0.29, 0.717) is 12.0 Å². The Morgan fingerprint density at radius 3 is 2.68 bits per heavy atom. The summed E-state index contributed by atoms with van der Waals surface area (Å²) in [6.07, 6.45) is 2.34. The van der Waals surface area contributed by atoms with Crippen molar-refractivity contribution in [3.8, 4) is 6.07 Å². The van der Waals surface area contributed by atoms with Gasteiger partial charge in [-0.15, -0.1) is 0 Å². The molecule has 0 heterocycles. The highest BCUT2D eigenvalue weighted by Crippen LogP contribution is 2.18. The number of carbonyl (C=O) groups excluding carboxylic acids is 1. The van der Waals surface area contributed by atoms with Gasteiger partial charge in [-0.05, 0) is 29.5 Å². The third kappa shape index (κ3) is 4.37. The second kappa shape index (κ2) is 8.26. The Kier molecular flexibility index (Phi) is 6.05. The summed E-state index contributed by atoms with van der Waals surface area (Å²) < 4.78 is 0. The number of nitrogens with one attached hydrogen (secondary N) is 1. The molecule has 0 unspecified atom stereocenters. The average molecular weight is 310 g/mol. The Labute approximate surface area is 135 Å². The van der Waals surface area contributed by atoms with Gasteiger partial charge in [-0.3, -0.25) is 4.79 Å². The molecule has 0 saturated carbocycles. The van der Waals surface area contributed by atoms with E-state index in [1.807, 2.05) is 48.7 Å². The summed E-state index contributed by atoms with van der Waals surface area (Å²) in [5.41, 5.74) is 2.55. The van der Waals surface area contributed by atoms with E-state index in [1.54, 1.807) is 23.9 Å². The third-order valence-corrected chi connectivity index (χ3v) is 3.98. The second-order valence-corrected chi connectivity index (χ2v) is 5.84. The molecule has 2 rings (SSSR count). The Hall–Kier alpha value is -2.25. The minimum atomic E-state index is -0.109. The molecule has 0 aliphatic rings. The van der Waals surface area contributed by atoms with Crippen LogP contribution >= 0.6 is 11.8 Å². The third-order valence-electron chi connectivity index (χ3n) is 3.31. The Morgan fingerprint density at radius 2 is 2.00 bits per heavy atom. The summed E-state index contributed by atoms with van der Waals surface area (Å²) in [6.45, 7) is 0. The molecular formula is C18H18N2OS. The molecule has 0 aliphatic heterocycles. The van der Waals surface area contributed by atoms with Crippen LogP contribution in [0.3, 0.4) is 0 Å². The van der Waals surface area contributed by atoms with Gasteiger partial charge in [-0.2, -0.15) is 17.0 Å². The molecule has 2 aromatic carbocycles. The molecule has 22 heavy (non-hydrogen) atoms. The zero-order valence-electron chi connectivity index (χ0n) is 12.5. The highest BCUT2D eigenvalue weighted by atomic mass is 32.2. The van der Waals surface area contributed by atoms with Crippen molar-refractivity contribution in [2.45, 2.75) is 12.5 Å². The van der Waals surface area contributed by atoms with Crippen LogP contribution in [0.1, 0.15) is 27.5 Å². The molecule has 0 spiro atoms. The quantitative estimate of drug-likeness (QED) is 0.887. The van der Waals surface area contributed by atoms with Crippen LogP contribution in [0.5, 0.6) is 0 Å². The fraction of sp³-hybridized carbons (Fsp3) is 0.222. The molecule has 0 fully saturated rings. The molecule has 0 saturated heterocycles. The predicted molar refractivity (Wildman–Crippen MR) is 90.8 cm³/mol. The lowest BCUT2D eigenvalue weighted by Crippen LogP contribution is -2.30. The van der Waals surface area contributed by atoms with E-state index in [-0.39, 0.29) is 11.9 Å². The van der Waals surface area contributed by atoms with E-state index < -0.39 is 0 Å². The van der Waals surface area contributed by atoms with Gasteiger partial charge in [0.05, 0.1) is 18.5 Å². The zero-order chi connectivity index (χ0) is 15.8. The number of rotatable bonds is 6. The molecule has 0 aliphatic carbocycles. The van der Waals surface area contributed by atoms with E-state index in [2.05, 4.69) is 11.4 Å². The van der Waals surface area contributed by atoms with Crippen molar-refractivity contribution in [1.29, 1.82) is 5.26 Å². The standard InChI is InChI=1S/C18H18N2OS/c1-22-13-17(15-7-3-2-4-8-15)20-18(21)16-9-5-6-14(12-16)10-11-19/h2-9,12,17H,10,13H2,1H3,(H,20,21)/t17-/m1/s1. The van der Waals surface area contributed by atoms with E-state index in [0.717, 1.165) is 16.9 Å². The fourth-order valence-corrected chi connectivity index (χ4v) is 2.84. The van der Waals surface area contributed by atoms with Crippen LogP contribution in [0.4, 0.5) is 0 Å². The van der Waals surface area contributed by atoms with Crippen molar-refractivity contribution in [2.75, 3.05) is 12.0 Å². The second-order valence-electron chi connectivity index (χ2n) is 4.93. The highest BCUT2D eigenvalue weighted by molar-refractivity contribution is 7.98. The largest absolute Gasteiger partial charge is 0.344 e. The Morgan fingerprint density at radius 1 is 1.23 bits per heavy atom. The van der Waals surface area contributed by atoms with Gasteiger partial charge in [-0.1, -0.05) is 42.5 Å². The highest BCUT2D eigenvalue weighted by Gasteiger charge is 2.15. The van der Waals surface area contributed by atoms with Gasteiger partial charge in [0.25, 0.3) is 5.91 Å². The number of hydrogen-bond acceptors (Lipinski definition) is 3. The van der Waals surface area contributed by atoms with E-state index >= 15 is 0 Å². The fourth-order valence-electron chi connectivity index (χ4n) is 2.23. The van der Waals surface area contributed by atoms with Crippen LogP contribution in [0, 0.1) is 11.3 Å². The van der Waals surface area contributed by atoms with Gasteiger partial charge < -0.3 is 5.32 Å². The first-order valence-electron chi connectivity index (χ1n) is 7.05. The summed E-state index contributed by atoms with van der Waals surface area (Å²) in [5.74, 6) is 0.705. The van der Waals surface area contributed by atoms with Crippen LogP contribution in [-0.4, -0.2) is 17.9 Å². The summed E-state index contributed by atoms with van der Waals surface area (Å²) >= 11 is 1.70. The van der Waals surface area contributed by atoms with Crippen LogP contribution in [0.25, 0.3) is 0 Å². The number of nitrogens with zero attached hydrogens (tertiary/aromatic N) is 1. The SMILES string of the molecule is CSC[C@@H](NC(=O)c1cccc(CC#N)c1)c1ccccc1. The maximum absolute atomic E-state index is 12.5. The molecule has 4 heteroatoms. The number of nitriles is 1. The monoisotopic (exact) mass is 310 g/mol. The summed E-state index contributed by atoms with van der Waals surface area (Å²) in [4.78, 5) is 12.5. The van der Waals surface area contributed by atoms with Crippen LogP contribution in [-0.2, 0) is 6.42 Å². The van der Waals surface area contributed by atoms with Gasteiger partial charge in [-0.25, -0.2) is 0 Å². The van der Waals surface area contributed by atoms with Crippen molar-refractivity contribution >= 4 is 17.7 Å². The first kappa shape index (κ1) is 16.1. The first-order valence-corrected chi connectivity index (χ1v) is 8.44. The lowest BCUT2D eigenvalue weighted by molar-refractivity contribution is 0.0940. The van der Waals surface area contributed by atoms with Crippen molar-refractivity contribution in [3.05, 3.63) is 71.3 Å². The van der Waals surface area contributed by atoms with E-state index in [1.165, 1.54) is 0 Å². The molecule has 112 valence electrons. The predicted octanol–water partition coefficient (Wildman–Crippen LogP) is 3.59. The number of hydrogen-bond donors (Lipinski definition) is 1. The smallest absolute Gasteiger partial charge is 0.251 e. The molecule has 0 aromatic heterocycles. The molecule has 1 N–H and O–H groups in total. The van der Waals surface area contributed by atoms with Crippen molar-refractivity contribution in [3.63, 3.8) is 0 Å². The lowest BCUT2D eigenvalue weighted by atomic mass is 10.1. The zero-order valence-corrected chi connectivity index (χ0v) is 13.3. The minimum absolute atomic E-state index is 0.0247. The van der Waals surface area contributed by atoms with E-state index in [4.69, 9.17) is 5.26 Å². The number of amides is 1. The topological polar surface area (TPSA) is 52.9 Å². The number of carbonyl (C=O) groups is 1. The first-order chi connectivity index (χ1) is 10.7. The molecule has 1 atom stereocenters. The van der Waals surface area contributed by atoms with Gasteiger partial charge in [0.2, 0.25) is 0 Å². The van der Waals surface area contributed by atoms with Gasteiger partial charge in [0.1, 0.15) is 0 Å². The van der Waals surface area contributed by atoms with Crippen LogP contribution in [0.2, 0.25) is 0 Å². The van der Waals surface area contributed by atoms with Crippen molar-refractivity contribution < 1.29 is 4.79 Å². The Bertz CT molecular complexity index is 664. The lowest BCUT2D eigenvalue weighted by Gasteiger charge is -2.18. The van der Waals surface area contributed by atoms with Gasteiger partial charge in [0.15, 0.2) is 0 Å². The summed E-state index contributed by atoms with van der Waals surface area (Å²) in [6, 6.07) is 19.3.